The highest BCUT2D eigenvalue weighted by molar-refractivity contribution is 6.04. The summed E-state index contributed by atoms with van der Waals surface area (Å²) < 4.78 is 47.0. The van der Waals surface area contributed by atoms with Gasteiger partial charge in [-0.25, -0.2) is 9.97 Å². The number of H-pyrrole nitrogens is 1. The van der Waals surface area contributed by atoms with Crippen molar-refractivity contribution in [1.82, 2.24) is 15.0 Å². The first kappa shape index (κ1) is 21.8. The predicted octanol–water partition coefficient (Wildman–Crippen LogP) is 4.57. The Morgan fingerprint density at radius 1 is 1.06 bits per heavy atom. The third kappa shape index (κ3) is 5.26. The fraction of sp³-hybridized carbons (Fsp3) is 0.0909. The smallest absolute Gasteiger partial charge is 0.455 e. The van der Waals surface area contributed by atoms with Crippen LogP contribution in [0.1, 0.15) is 16.1 Å². The Balaban J connectivity index is 1.54. The van der Waals surface area contributed by atoms with Crippen molar-refractivity contribution in [3.63, 3.8) is 0 Å². The number of nitrogens with zero attached hydrogens (tertiary/aromatic N) is 2. The molecule has 2 aromatic heterocycles. The van der Waals surface area contributed by atoms with E-state index in [9.17, 15) is 22.8 Å². The monoisotopic (exact) mass is 456 g/mol. The van der Waals surface area contributed by atoms with Gasteiger partial charge in [0.1, 0.15) is 22.7 Å². The standard InChI is InChI=1S/C22H15F3N4O4/c1-12-20(30)29-19-18(27-12)17(8-9-26-19)32-15-6-3-5-14(11-15)28-21(31)13-4-2-7-16(10-13)33-22(23,24)25/h2-11H,1H3,(H,28,31)(H,26,29,30). The van der Waals surface area contributed by atoms with Crippen molar-refractivity contribution >= 4 is 22.8 Å². The fourth-order valence-electron chi connectivity index (χ4n) is 2.94. The predicted molar refractivity (Wildman–Crippen MR) is 112 cm³/mol. The van der Waals surface area contributed by atoms with Crippen LogP contribution in [-0.4, -0.2) is 27.2 Å². The van der Waals surface area contributed by atoms with E-state index in [0.29, 0.717) is 22.7 Å². The van der Waals surface area contributed by atoms with Gasteiger partial charge >= 0.3 is 6.36 Å². The number of rotatable bonds is 5. The Morgan fingerprint density at radius 2 is 1.82 bits per heavy atom. The lowest BCUT2D eigenvalue weighted by molar-refractivity contribution is -0.274. The van der Waals surface area contributed by atoms with Gasteiger partial charge in [-0.05, 0) is 37.3 Å². The molecule has 0 spiro atoms. The topological polar surface area (TPSA) is 106 Å². The molecule has 2 N–H and O–H groups in total. The molecule has 0 aliphatic rings. The molecule has 0 bridgehead atoms. The van der Waals surface area contributed by atoms with E-state index in [-0.39, 0.29) is 22.5 Å². The van der Waals surface area contributed by atoms with Gasteiger partial charge in [0.2, 0.25) is 0 Å². The van der Waals surface area contributed by atoms with E-state index in [1.165, 1.54) is 24.4 Å². The lowest BCUT2D eigenvalue weighted by Crippen LogP contribution is -2.18. The lowest BCUT2D eigenvalue weighted by atomic mass is 10.2. The average molecular weight is 456 g/mol. The van der Waals surface area contributed by atoms with Crippen molar-refractivity contribution < 1.29 is 27.4 Å². The molecular weight excluding hydrogens is 441 g/mol. The molecule has 11 heteroatoms. The first-order valence-corrected chi connectivity index (χ1v) is 9.49. The van der Waals surface area contributed by atoms with Crippen LogP contribution in [0.2, 0.25) is 0 Å². The van der Waals surface area contributed by atoms with Crippen LogP contribution in [0.15, 0.2) is 65.6 Å². The highest BCUT2D eigenvalue weighted by Gasteiger charge is 2.31. The first-order chi connectivity index (χ1) is 15.7. The number of ether oxygens (including phenoxy) is 2. The number of hydrogen-bond donors (Lipinski definition) is 2. The Labute approximate surface area is 184 Å². The third-order valence-corrected chi connectivity index (χ3v) is 4.38. The molecule has 0 unspecified atom stereocenters. The highest BCUT2D eigenvalue weighted by atomic mass is 19.4. The second-order valence-corrected chi connectivity index (χ2v) is 6.82. The van der Waals surface area contributed by atoms with Crippen molar-refractivity contribution in [3.8, 4) is 17.2 Å². The maximum absolute atomic E-state index is 12.5. The van der Waals surface area contributed by atoms with Crippen molar-refractivity contribution in [3.05, 3.63) is 82.4 Å². The van der Waals surface area contributed by atoms with Gasteiger partial charge < -0.3 is 19.8 Å². The van der Waals surface area contributed by atoms with Crippen molar-refractivity contribution in [2.75, 3.05) is 5.32 Å². The molecule has 2 heterocycles. The zero-order chi connectivity index (χ0) is 23.6. The normalized spacial score (nSPS) is 11.3. The molecule has 0 aliphatic heterocycles. The van der Waals surface area contributed by atoms with Gasteiger partial charge in [0.15, 0.2) is 11.4 Å². The van der Waals surface area contributed by atoms with Crippen molar-refractivity contribution in [1.29, 1.82) is 0 Å². The summed E-state index contributed by atoms with van der Waals surface area (Å²) in [5.41, 5.74) is 0.820. The second kappa shape index (κ2) is 8.61. The summed E-state index contributed by atoms with van der Waals surface area (Å²) in [4.78, 5) is 35.2. The summed E-state index contributed by atoms with van der Waals surface area (Å²) in [6, 6.07) is 12.7. The zero-order valence-electron chi connectivity index (χ0n) is 16.9. The Hall–Kier alpha value is -4.41. The molecule has 1 amide bonds. The molecule has 0 aliphatic carbocycles. The SMILES string of the molecule is Cc1nc2c(Oc3cccc(NC(=O)c4cccc(OC(F)(F)F)c4)c3)ccnc2[nH]c1=O. The van der Waals surface area contributed by atoms with Gasteiger partial charge in [-0.1, -0.05) is 12.1 Å². The minimum absolute atomic E-state index is 0.0215. The molecule has 168 valence electrons. The Morgan fingerprint density at radius 3 is 2.61 bits per heavy atom. The van der Waals surface area contributed by atoms with Crippen LogP contribution in [0.3, 0.4) is 0 Å². The molecule has 4 rings (SSSR count). The van der Waals surface area contributed by atoms with E-state index in [1.54, 1.807) is 31.2 Å². The second-order valence-electron chi connectivity index (χ2n) is 6.82. The number of alkyl halides is 3. The number of benzene rings is 2. The number of aromatic nitrogens is 3. The van der Waals surface area contributed by atoms with E-state index in [4.69, 9.17) is 4.74 Å². The van der Waals surface area contributed by atoms with E-state index in [0.717, 1.165) is 12.1 Å². The summed E-state index contributed by atoms with van der Waals surface area (Å²) in [6.07, 6.45) is -3.41. The third-order valence-electron chi connectivity index (χ3n) is 4.38. The number of fused-ring (bicyclic) bond motifs is 1. The number of pyridine rings is 1. The maximum Gasteiger partial charge on any atom is 0.573 e. The number of aryl methyl sites for hydroxylation is 1. The van der Waals surface area contributed by atoms with Gasteiger partial charge in [-0.15, -0.1) is 13.2 Å². The lowest BCUT2D eigenvalue weighted by Gasteiger charge is -2.11. The van der Waals surface area contributed by atoms with Crippen molar-refractivity contribution in [2.45, 2.75) is 13.3 Å². The Kier molecular flexibility index (Phi) is 5.69. The molecule has 0 atom stereocenters. The number of carbonyl (C=O) groups excluding carboxylic acids is 1. The minimum atomic E-state index is -4.86. The number of aromatic amines is 1. The highest BCUT2D eigenvalue weighted by Crippen LogP contribution is 2.28. The van der Waals surface area contributed by atoms with Crippen LogP contribution in [-0.2, 0) is 0 Å². The van der Waals surface area contributed by atoms with Gasteiger partial charge in [0.25, 0.3) is 11.5 Å². The average Bonchev–Trinajstić information content (AvgIpc) is 2.74. The number of anilines is 1. The fourth-order valence-corrected chi connectivity index (χ4v) is 2.94. The van der Waals surface area contributed by atoms with Crippen LogP contribution in [0.25, 0.3) is 11.2 Å². The van der Waals surface area contributed by atoms with Crippen molar-refractivity contribution in [2.24, 2.45) is 0 Å². The molecular formula is C22H15F3N4O4. The van der Waals surface area contributed by atoms with E-state index in [1.807, 2.05) is 0 Å². The minimum Gasteiger partial charge on any atom is -0.455 e. The molecule has 0 radical (unpaired) electrons. The molecule has 4 aromatic rings. The largest absolute Gasteiger partial charge is 0.573 e. The summed E-state index contributed by atoms with van der Waals surface area (Å²) in [6.45, 7) is 1.56. The van der Waals surface area contributed by atoms with E-state index < -0.39 is 18.0 Å². The van der Waals surface area contributed by atoms with Crippen LogP contribution in [0.4, 0.5) is 18.9 Å². The number of amides is 1. The number of carbonyl (C=O) groups is 1. The summed E-state index contributed by atoms with van der Waals surface area (Å²) in [7, 11) is 0. The number of halogens is 3. The summed E-state index contributed by atoms with van der Waals surface area (Å²) in [5.74, 6) is -0.457. The van der Waals surface area contributed by atoms with Crippen LogP contribution < -0.4 is 20.3 Å². The zero-order valence-corrected chi connectivity index (χ0v) is 16.9. The first-order valence-electron chi connectivity index (χ1n) is 9.49. The molecule has 2 aromatic carbocycles. The molecule has 0 saturated heterocycles. The molecule has 0 fully saturated rings. The van der Waals surface area contributed by atoms with E-state index >= 15 is 0 Å². The summed E-state index contributed by atoms with van der Waals surface area (Å²) in [5, 5.41) is 2.60. The Bertz CT molecular complexity index is 1400. The molecule has 8 nitrogen and oxygen atoms in total. The molecule has 33 heavy (non-hydrogen) atoms. The quantitative estimate of drug-likeness (QED) is 0.456. The van der Waals surface area contributed by atoms with Gasteiger partial charge in [0.05, 0.1) is 0 Å². The van der Waals surface area contributed by atoms with E-state index in [2.05, 4.69) is 25.0 Å². The number of hydrogen-bond acceptors (Lipinski definition) is 6. The van der Waals surface area contributed by atoms with Crippen LogP contribution in [0.5, 0.6) is 17.2 Å². The summed E-state index contributed by atoms with van der Waals surface area (Å²) >= 11 is 0. The van der Waals surface area contributed by atoms with Gasteiger partial charge in [0, 0.05) is 29.6 Å². The maximum atomic E-state index is 12.5. The van der Waals surface area contributed by atoms with Crippen LogP contribution in [0, 0.1) is 6.92 Å². The number of nitrogens with one attached hydrogen (secondary N) is 2. The van der Waals surface area contributed by atoms with Gasteiger partial charge in [-0.3, -0.25) is 9.59 Å². The van der Waals surface area contributed by atoms with Gasteiger partial charge in [-0.2, -0.15) is 0 Å². The molecule has 0 saturated carbocycles. The van der Waals surface area contributed by atoms with Crippen LogP contribution >= 0.6 is 0 Å².